The smallest absolute Gasteiger partial charge is 0.270 e. The van der Waals surface area contributed by atoms with Crippen molar-refractivity contribution in [2.75, 3.05) is 14.1 Å². The van der Waals surface area contributed by atoms with Crippen molar-refractivity contribution in [3.63, 3.8) is 0 Å². The van der Waals surface area contributed by atoms with Crippen LogP contribution in [0.5, 0.6) is 5.75 Å². The van der Waals surface area contributed by atoms with Gasteiger partial charge in [-0.1, -0.05) is 26.8 Å². The first-order valence-corrected chi connectivity index (χ1v) is 14.2. The number of phenolic OH excluding ortho intramolecular Hbond substituents is 1. The van der Waals surface area contributed by atoms with Crippen molar-refractivity contribution in [1.29, 1.82) is 0 Å². The lowest BCUT2D eigenvalue weighted by molar-refractivity contribution is -0.153. The number of likely N-dealkylation sites (N-methyl/N-ethyl adjacent to an activating group) is 1. The highest BCUT2D eigenvalue weighted by molar-refractivity contribution is 6.24. The molecule has 3 aliphatic rings. The van der Waals surface area contributed by atoms with Crippen LogP contribution in [0.3, 0.4) is 0 Å². The first-order chi connectivity index (χ1) is 20.5. The molecule has 3 aliphatic carbocycles. The fraction of sp³-hybridized carbons (Fsp3) is 0.406. The number of nitrogens with zero attached hydrogens (tertiary/aromatic N) is 2. The van der Waals surface area contributed by atoms with Crippen LogP contribution >= 0.6 is 0 Å². The average molecular weight is 605 g/mol. The molecule has 1 saturated carbocycles. The van der Waals surface area contributed by atoms with Crippen LogP contribution in [-0.2, 0) is 32.8 Å². The summed E-state index contributed by atoms with van der Waals surface area (Å²) in [7, 11) is 3.09. The van der Waals surface area contributed by atoms with E-state index >= 15 is 0 Å². The number of Topliss-reactive ketones (excluding diaryl/α,β-unsaturated/α-hetero) is 2. The maximum Gasteiger partial charge on any atom is 0.270 e. The summed E-state index contributed by atoms with van der Waals surface area (Å²) >= 11 is 0. The Morgan fingerprint density at radius 3 is 2.41 bits per heavy atom. The molecule has 1 aromatic carbocycles. The number of pyridine rings is 1. The van der Waals surface area contributed by atoms with Gasteiger partial charge in [0.2, 0.25) is 5.78 Å². The molecule has 2 amide bonds. The number of nitrogens with two attached hydrogens (primary N) is 1. The van der Waals surface area contributed by atoms with Gasteiger partial charge in [0.15, 0.2) is 11.4 Å². The van der Waals surface area contributed by atoms with Gasteiger partial charge in [0.25, 0.3) is 11.8 Å². The Labute approximate surface area is 253 Å². The van der Waals surface area contributed by atoms with Crippen molar-refractivity contribution < 1.29 is 39.6 Å². The molecule has 0 saturated heterocycles. The maximum absolute atomic E-state index is 14.1. The zero-order valence-electron chi connectivity index (χ0n) is 25.1. The molecule has 0 aliphatic heterocycles. The van der Waals surface area contributed by atoms with Crippen molar-refractivity contribution in [2.24, 2.45) is 17.6 Å². The number of benzene rings is 1. The lowest BCUT2D eigenvalue weighted by Gasteiger charge is -2.50. The lowest BCUT2D eigenvalue weighted by Crippen LogP contribution is -2.65. The van der Waals surface area contributed by atoms with E-state index in [1.807, 2.05) is 20.8 Å². The summed E-state index contributed by atoms with van der Waals surface area (Å²) in [6.45, 7) is 5.58. The Kier molecular flexibility index (Phi) is 7.42. The van der Waals surface area contributed by atoms with E-state index in [0.29, 0.717) is 16.7 Å². The van der Waals surface area contributed by atoms with Gasteiger partial charge >= 0.3 is 0 Å². The van der Waals surface area contributed by atoms with Gasteiger partial charge in [-0.15, -0.1) is 0 Å². The summed E-state index contributed by atoms with van der Waals surface area (Å²) in [5.41, 5.74) is 2.66. The summed E-state index contributed by atoms with van der Waals surface area (Å²) in [6, 6.07) is 5.52. The molecule has 7 N–H and O–H groups in total. The van der Waals surface area contributed by atoms with Gasteiger partial charge in [0.05, 0.1) is 11.6 Å². The summed E-state index contributed by atoms with van der Waals surface area (Å²) < 4.78 is 0. The minimum absolute atomic E-state index is 0.0159. The van der Waals surface area contributed by atoms with E-state index in [1.54, 1.807) is 38.4 Å². The van der Waals surface area contributed by atoms with Crippen LogP contribution in [0.2, 0.25) is 0 Å². The molecule has 2 unspecified atom stereocenters. The maximum atomic E-state index is 14.1. The van der Waals surface area contributed by atoms with Crippen LogP contribution in [0.25, 0.3) is 5.76 Å². The van der Waals surface area contributed by atoms with Crippen molar-refractivity contribution in [3.05, 3.63) is 75.3 Å². The molecule has 5 rings (SSSR count). The molecule has 0 radical (unpaired) electrons. The summed E-state index contributed by atoms with van der Waals surface area (Å²) in [4.78, 5) is 58.0. The number of nitrogens with one attached hydrogen (secondary N) is 1. The Morgan fingerprint density at radius 1 is 1.16 bits per heavy atom. The number of aromatic hydroxyl groups is 1. The van der Waals surface area contributed by atoms with Crippen LogP contribution in [0.4, 0.5) is 0 Å². The topological polar surface area (TPSA) is 203 Å². The van der Waals surface area contributed by atoms with Crippen LogP contribution < -0.4 is 11.1 Å². The molecule has 0 spiro atoms. The van der Waals surface area contributed by atoms with Gasteiger partial charge in [0, 0.05) is 29.8 Å². The molecule has 232 valence electrons. The van der Waals surface area contributed by atoms with Crippen molar-refractivity contribution in [3.8, 4) is 5.75 Å². The zero-order valence-corrected chi connectivity index (χ0v) is 25.1. The number of aliphatic hydroxyl groups is 3. The molecule has 12 heteroatoms. The van der Waals surface area contributed by atoms with Gasteiger partial charge in [-0.05, 0) is 67.6 Å². The van der Waals surface area contributed by atoms with Crippen molar-refractivity contribution >= 4 is 29.1 Å². The number of rotatable bonds is 5. The third-order valence-corrected chi connectivity index (χ3v) is 8.96. The quantitative estimate of drug-likeness (QED) is 0.272. The summed E-state index contributed by atoms with van der Waals surface area (Å²) in [5, 5.41) is 48.9. The van der Waals surface area contributed by atoms with Gasteiger partial charge < -0.3 is 31.5 Å². The van der Waals surface area contributed by atoms with E-state index in [-0.39, 0.29) is 42.0 Å². The van der Waals surface area contributed by atoms with E-state index in [1.165, 1.54) is 11.1 Å². The highest BCUT2D eigenvalue weighted by Crippen LogP contribution is 2.54. The van der Waals surface area contributed by atoms with Crippen molar-refractivity contribution in [2.45, 2.75) is 57.2 Å². The molecule has 1 fully saturated rings. The van der Waals surface area contributed by atoms with Gasteiger partial charge in [0.1, 0.15) is 28.5 Å². The highest BCUT2D eigenvalue weighted by Gasteiger charge is 2.64. The zero-order chi connectivity index (χ0) is 32.5. The van der Waals surface area contributed by atoms with E-state index in [9.17, 15) is 39.6 Å². The van der Waals surface area contributed by atoms with Crippen molar-refractivity contribution in [1.82, 2.24) is 15.2 Å². The minimum atomic E-state index is -2.72. The summed E-state index contributed by atoms with van der Waals surface area (Å²) in [6.07, 6.45) is 1.58. The average Bonchev–Trinajstić information content (AvgIpc) is 2.93. The fourth-order valence-corrected chi connectivity index (χ4v) is 6.88. The Bertz CT molecular complexity index is 1670. The number of ketones is 2. The van der Waals surface area contributed by atoms with E-state index in [0.717, 1.165) is 0 Å². The fourth-order valence-electron chi connectivity index (χ4n) is 6.88. The Hall–Kier alpha value is -4.55. The number of carbonyl (C=O) groups excluding carboxylic acids is 4. The van der Waals surface area contributed by atoms with Gasteiger partial charge in [-0.25, -0.2) is 0 Å². The molecular formula is C32H36N4O8. The number of primary amides is 1. The first kappa shape index (κ1) is 30.9. The third-order valence-electron chi connectivity index (χ3n) is 8.96. The van der Waals surface area contributed by atoms with E-state index < -0.39 is 69.4 Å². The largest absolute Gasteiger partial charge is 0.508 e. The number of amides is 2. The number of aromatic nitrogens is 1. The second kappa shape index (κ2) is 10.6. The molecular weight excluding hydrogens is 568 g/mol. The van der Waals surface area contributed by atoms with Crippen LogP contribution in [0.1, 0.15) is 59.9 Å². The normalized spacial score (nSPS) is 25.0. The van der Waals surface area contributed by atoms with Gasteiger partial charge in [-0.3, -0.25) is 29.1 Å². The van der Waals surface area contributed by atoms with Gasteiger partial charge in [-0.2, -0.15) is 0 Å². The highest BCUT2D eigenvalue weighted by atomic mass is 16.3. The van der Waals surface area contributed by atoms with Crippen LogP contribution in [-0.4, -0.2) is 79.4 Å². The SMILES string of the molecule is CN(C)[C@@H]1C(=O)C(C(N)=O)=C(O)[C@@]2(O)C(=O)C3=C(O)c4c(O)c(C(C)(C)C)cc(CNC(=O)c5ccccn5)c4CC3CC12. The molecule has 1 heterocycles. The molecule has 2 aromatic rings. The molecule has 1 aromatic heterocycles. The van der Waals surface area contributed by atoms with E-state index in [2.05, 4.69) is 10.3 Å². The first-order valence-electron chi connectivity index (χ1n) is 14.2. The summed E-state index contributed by atoms with van der Waals surface area (Å²) in [5.74, 6) is -7.52. The third kappa shape index (κ3) is 4.56. The second-order valence-corrected chi connectivity index (χ2v) is 12.9. The van der Waals surface area contributed by atoms with Crippen LogP contribution in [0, 0.1) is 11.8 Å². The second-order valence-electron chi connectivity index (χ2n) is 12.9. The molecule has 12 nitrogen and oxygen atoms in total. The number of aliphatic hydroxyl groups excluding tert-OH is 2. The standard InChI is InChI=1S/C32H36N4O8/c1-31(2,3)18-12-15(13-35-30(43)19-8-6-7-9-34-19)16-10-14-11-17-23(36(4)5)26(39)22(29(33)42)28(41)32(17,44)27(40)20(14)25(38)21(16)24(18)37/h6-9,12,14,17,23,37-38,41,44H,10-11,13H2,1-5H3,(H2,33,42)(H,35,43)/t14?,17?,23-,32-/m0/s1. The lowest BCUT2D eigenvalue weighted by atomic mass is 9.57. The minimum Gasteiger partial charge on any atom is -0.508 e. The number of phenols is 1. The molecule has 4 atom stereocenters. The number of carbonyl (C=O) groups is 4. The Morgan fingerprint density at radius 2 is 1.84 bits per heavy atom. The number of hydrogen-bond donors (Lipinski definition) is 6. The van der Waals surface area contributed by atoms with E-state index in [4.69, 9.17) is 5.73 Å². The molecule has 44 heavy (non-hydrogen) atoms. The predicted molar refractivity (Wildman–Crippen MR) is 158 cm³/mol. The Balaban J connectivity index is 1.68. The number of fused-ring (bicyclic) bond motifs is 3. The molecule has 0 bridgehead atoms. The predicted octanol–water partition coefficient (Wildman–Crippen LogP) is 1.59. The van der Waals surface area contributed by atoms with Crippen LogP contribution in [0.15, 0.2) is 47.4 Å². The monoisotopic (exact) mass is 604 g/mol. The number of hydrogen-bond acceptors (Lipinski definition) is 10.